The molecule has 0 aromatic heterocycles. The molecule has 2 aliphatic rings. The first kappa shape index (κ1) is 13.9. The van der Waals surface area contributed by atoms with Crippen LogP contribution in [0.25, 0.3) is 0 Å². The Morgan fingerprint density at radius 3 is 2.48 bits per heavy atom. The number of anilines is 1. The number of aryl methyl sites for hydroxylation is 1. The lowest BCUT2D eigenvalue weighted by Gasteiger charge is -2.43. The Morgan fingerprint density at radius 2 is 1.81 bits per heavy atom. The summed E-state index contributed by atoms with van der Waals surface area (Å²) < 4.78 is 9.81. The molecule has 2 aliphatic heterocycles. The van der Waals surface area contributed by atoms with Gasteiger partial charge >= 0.3 is 11.9 Å². The average molecular weight is 289 g/mol. The summed E-state index contributed by atoms with van der Waals surface area (Å²) in [6, 6.07) is 6.09. The van der Waals surface area contributed by atoms with Gasteiger partial charge in [0.1, 0.15) is 0 Å². The van der Waals surface area contributed by atoms with Gasteiger partial charge in [0.25, 0.3) is 0 Å². The number of para-hydroxylation sites is 1. The average Bonchev–Trinajstić information content (AvgIpc) is 2.53. The van der Waals surface area contributed by atoms with E-state index in [0.29, 0.717) is 13.0 Å². The number of carbonyl (C=O) groups is 2. The summed E-state index contributed by atoms with van der Waals surface area (Å²) >= 11 is 0. The van der Waals surface area contributed by atoms with Gasteiger partial charge in [0.05, 0.1) is 14.2 Å². The third-order valence-electron chi connectivity index (χ3n) is 4.50. The number of methoxy groups -OCH3 is 2. The molecule has 5 nitrogen and oxygen atoms in total. The lowest BCUT2D eigenvalue weighted by Crippen LogP contribution is -2.55. The number of nitrogens with zero attached hydrogens (tertiary/aromatic N) is 1. The van der Waals surface area contributed by atoms with Gasteiger partial charge in [-0.3, -0.25) is 9.59 Å². The third kappa shape index (κ3) is 1.99. The largest absolute Gasteiger partial charge is 0.468 e. The minimum atomic E-state index is -1.26. The maximum atomic E-state index is 12.3. The molecule has 0 bridgehead atoms. The minimum Gasteiger partial charge on any atom is -0.468 e. The molecule has 112 valence electrons. The summed E-state index contributed by atoms with van der Waals surface area (Å²) in [7, 11) is 2.63. The molecule has 0 fully saturated rings. The van der Waals surface area contributed by atoms with Crippen LogP contribution >= 0.6 is 0 Å². The Kier molecular flexibility index (Phi) is 3.35. The smallest absolute Gasteiger partial charge is 0.325 e. The Morgan fingerprint density at radius 1 is 1.14 bits per heavy atom. The molecule has 0 spiro atoms. The zero-order chi connectivity index (χ0) is 15.0. The van der Waals surface area contributed by atoms with E-state index >= 15 is 0 Å². The summed E-state index contributed by atoms with van der Waals surface area (Å²) in [4.78, 5) is 26.8. The van der Waals surface area contributed by atoms with E-state index in [0.717, 1.165) is 24.9 Å². The summed E-state index contributed by atoms with van der Waals surface area (Å²) in [5.74, 6) is -1.04. The molecule has 2 heterocycles. The number of esters is 2. The molecule has 1 aromatic rings. The van der Waals surface area contributed by atoms with Gasteiger partial charge in [0.2, 0.25) is 0 Å². The SMILES string of the molecule is COC(=O)C1(C(=O)OC)Cc2cccc3c2N(CCC3)C1. The van der Waals surface area contributed by atoms with Gasteiger partial charge in [-0.05, 0) is 24.0 Å². The van der Waals surface area contributed by atoms with E-state index in [9.17, 15) is 9.59 Å². The summed E-state index contributed by atoms with van der Waals surface area (Å²) in [5.41, 5.74) is 2.25. The number of carbonyl (C=O) groups excluding carboxylic acids is 2. The summed E-state index contributed by atoms with van der Waals surface area (Å²) in [5, 5.41) is 0. The van der Waals surface area contributed by atoms with Crippen molar-refractivity contribution in [1.82, 2.24) is 0 Å². The molecule has 0 atom stereocenters. The van der Waals surface area contributed by atoms with Crippen LogP contribution in [-0.4, -0.2) is 39.2 Å². The van der Waals surface area contributed by atoms with Crippen molar-refractivity contribution in [2.24, 2.45) is 5.41 Å². The van der Waals surface area contributed by atoms with Crippen LogP contribution in [0.5, 0.6) is 0 Å². The molecule has 0 unspecified atom stereocenters. The fourth-order valence-electron chi connectivity index (χ4n) is 3.58. The third-order valence-corrected chi connectivity index (χ3v) is 4.50. The van der Waals surface area contributed by atoms with Crippen molar-refractivity contribution in [3.05, 3.63) is 29.3 Å². The number of ether oxygens (including phenoxy) is 2. The van der Waals surface area contributed by atoms with Crippen LogP contribution in [-0.2, 0) is 31.9 Å². The molecule has 21 heavy (non-hydrogen) atoms. The van der Waals surface area contributed by atoms with Crippen molar-refractivity contribution in [1.29, 1.82) is 0 Å². The van der Waals surface area contributed by atoms with E-state index in [2.05, 4.69) is 11.0 Å². The van der Waals surface area contributed by atoms with Crippen LogP contribution in [0, 0.1) is 5.41 Å². The minimum absolute atomic E-state index is 0.330. The van der Waals surface area contributed by atoms with E-state index in [-0.39, 0.29) is 0 Å². The van der Waals surface area contributed by atoms with Gasteiger partial charge in [0, 0.05) is 25.2 Å². The van der Waals surface area contributed by atoms with Crippen molar-refractivity contribution < 1.29 is 19.1 Å². The first-order valence-corrected chi connectivity index (χ1v) is 7.15. The van der Waals surface area contributed by atoms with Crippen molar-refractivity contribution in [3.63, 3.8) is 0 Å². The first-order chi connectivity index (χ1) is 10.1. The number of rotatable bonds is 2. The van der Waals surface area contributed by atoms with Gasteiger partial charge in [-0.25, -0.2) is 0 Å². The second kappa shape index (κ2) is 5.06. The van der Waals surface area contributed by atoms with Crippen LogP contribution in [0.2, 0.25) is 0 Å². The van der Waals surface area contributed by atoms with Gasteiger partial charge in [-0.15, -0.1) is 0 Å². The normalized spacial score (nSPS) is 18.7. The van der Waals surface area contributed by atoms with Crippen molar-refractivity contribution >= 4 is 17.6 Å². The van der Waals surface area contributed by atoms with E-state index in [1.807, 2.05) is 12.1 Å². The number of benzene rings is 1. The summed E-state index contributed by atoms with van der Waals surface area (Å²) in [6.07, 6.45) is 2.41. The van der Waals surface area contributed by atoms with Crippen molar-refractivity contribution in [3.8, 4) is 0 Å². The molecule has 0 amide bonds. The fourth-order valence-corrected chi connectivity index (χ4v) is 3.58. The topological polar surface area (TPSA) is 55.8 Å². The molecule has 1 aromatic carbocycles. The molecular formula is C16H19NO4. The maximum absolute atomic E-state index is 12.3. The van der Waals surface area contributed by atoms with Crippen LogP contribution < -0.4 is 4.90 Å². The van der Waals surface area contributed by atoms with E-state index in [1.165, 1.54) is 25.5 Å². The Labute approximate surface area is 123 Å². The second-order valence-corrected chi connectivity index (χ2v) is 5.69. The highest BCUT2D eigenvalue weighted by atomic mass is 16.5. The highest BCUT2D eigenvalue weighted by Crippen LogP contribution is 2.42. The number of hydrogen-bond acceptors (Lipinski definition) is 5. The van der Waals surface area contributed by atoms with Gasteiger partial charge in [-0.2, -0.15) is 0 Å². The van der Waals surface area contributed by atoms with E-state index < -0.39 is 17.4 Å². The van der Waals surface area contributed by atoms with Crippen LogP contribution in [0.3, 0.4) is 0 Å². The molecule has 0 saturated carbocycles. The maximum Gasteiger partial charge on any atom is 0.325 e. The van der Waals surface area contributed by atoms with Crippen LogP contribution in [0.4, 0.5) is 5.69 Å². The fraction of sp³-hybridized carbons (Fsp3) is 0.500. The van der Waals surface area contributed by atoms with Crippen molar-refractivity contribution in [2.75, 3.05) is 32.2 Å². The molecule has 0 saturated heterocycles. The standard InChI is InChI=1S/C16H19NO4/c1-20-14(18)16(15(19)21-2)9-12-6-3-5-11-7-4-8-17(10-16)13(11)12/h3,5-6H,4,7-10H2,1-2H3. The van der Waals surface area contributed by atoms with Crippen molar-refractivity contribution in [2.45, 2.75) is 19.3 Å². The molecule has 3 rings (SSSR count). The molecule has 5 heteroatoms. The highest BCUT2D eigenvalue weighted by molar-refractivity contribution is 6.02. The Balaban J connectivity index is 2.11. The summed E-state index contributed by atoms with van der Waals surface area (Å²) in [6.45, 7) is 1.18. The lowest BCUT2D eigenvalue weighted by atomic mass is 9.75. The highest BCUT2D eigenvalue weighted by Gasteiger charge is 2.53. The van der Waals surface area contributed by atoms with E-state index in [1.54, 1.807) is 0 Å². The molecular weight excluding hydrogens is 270 g/mol. The predicted molar refractivity (Wildman–Crippen MR) is 77.1 cm³/mol. The zero-order valence-electron chi connectivity index (χ0n) is 12.3. The second-order valence-electron chi connectivity index (χ2n) is 5.69. The van der Waals surface area contributed by atoms with Gasteiger partial charge in [0.15, 0.2) is 5.41 Å². The van der Waals surface area contributed by atoms with Crippen LogP contribution in [0.1, 0.15) is 17.5 Å². The monoisotopic (exact) mass is 289 g/mol. The first-order valence-electron chi connectivity index (χ1n) is 7.15. The number of hydrogen-bond donors (Lipinski definition) is 0. The molecule has 0 N–H and O–H groups in total. The van der Waals surface area contributed by atoms with Gasteiger partial charge < -0.3 is 14.4 Å². The van der Waals surface area contributed by atoms with E-state index in [4.69, 9.17) is 9.47 Å². The lowest BCUT2D eigenvalue weighted by molar-refractivity contribution is -0.168. The predicted octanol–water partition coefficient (Wildman–Crippen LogP) is 1.33. The molecule has 0 aliphatic carbocycles. The molecule has 0 radical (unpaired) electrons. The quantitative estimate of drug-likeness (QED) is 0.607. The van der Waals surface area contributed by atoms with Gasteiger partial charge in [-0.1, -0.05) is 18.2 Å². The Hall–Kier alpha value is -2.04. The Bertz CT molecular complexity index is 580. The van der Waals surface area contributed by atoms with Crippen LogP contribution in [0.15, 0.2) is 18.2 Å². The zero-order valence-corrected chi connectivity index (χ0v) is 12.3.